The van der Waals surface area contributed by atoms with Gasteiger partial charge in [0.15, 0.2) is 6.61 Å². The number of nitrogens with zero attached hydrogens (tertiary/aromatic N) is 1. The van der Waals surface area contributed by atoms with Crippen molar-refractivity contribution in [3.63, 3.8) is 0 Å². The van der Waals surface area contributed by atoms with E-state index in [9.17, 15) is 14.9 Å². The maximum absolute atomic E-state index is 12.1. The molecule has 0 aliphatic heterocycles. The largest absolute Gasteiger partial charge is 0.485 e. The molecule has 0 N–H and O–H groups in total. The van der Waals surface area contributed by atoms with Crippen molar-refractivity contribution in [1.29, 1.82) is 0 Å². The molecule has 2 aromatic carbocycles. The highest BCUT2D eigenvalue weighted by molar-refractivity contribution is 9.10. The van der Waals surface area contributed by atoms with E-state index >= 15 is 0 Å². The molecule has 2 rings (SSSR count). The minimum absolute atomic E-state index is 0.00280. The average Bonchev–Trinajstić information content (AvgIpc) is 2.46. The monoisotopic (exact) mass is 349 g/mol. The van der Waals surface area contributed by atoms with Crippen LogP contribution in [0.25, 0.3) is 0 Å². The maximum atomic E-state index is 12.1. The molecule has 0 aromatic heterocycles. The second-order valence-electron chi connectivity index (χ2n) is 4.40. The Hall–Kier alpha value is -2.21. The number of benzene rings is 2. The van der Waals surface area contributed by atoms with Crippen LogP contribution in [0.2, 0.25) is 0 Å². The maximum Gasteiger partial charge on any atom is 0.269 e. The van der Waals surface area contributed by atoms with Crippen LogP contribution in [0, 0.1) is 17.0 Å². The first-order valence-electron chi connectivity index (χ1n) is 6.14. The third-order valence-corrected chi connectivity index (χ3v) is 3.59. The number of non-ortho nitro benzene ring substituents is 1. The number of aryl methyl sites for hydroxylation is 1. The molecule has 0 bridgehead atoms. The van der Waals surface area contributed by atoms with E-state index in [1.165, 1.54) is 18.2 Å². The highest BCUT2D eigenvalue weighted by Crippen LogP contribution is 2.24. The van der Waals surface area contributed by atoms with Gasteiger partial charge >= 0.3 is 0 Å². The second kappa shape index (κ2) is 6.49. The molecular formula is C15H12BrNO4. The van der Waals surface area contributed by atoms with Gasteiger partial charge in [0, 0.05) is 22.2 Å². The summed E-state index contributed by atoms with van der Waals surface area (Å²) in [4.78, 5) is 22.3. The summed E-state index contributed by atoms with van der Waals surface area (Å²) < 4.78 is 6.16. The van der Waals surface area contributed by atoms with E-state index < -0.39 is 4.92 Å². The van der Waals surface area contributed by atoms with Crippen LogP contribution >= 0.6 is 15.9 Å². The number of nitro benzene ring substituents is 1. The minimum atomic E-state index is -0.469. The Kier molecular flexibility index (Phi) is 4.70. The van der Waals surface area contributed by atoms with Crippen LogP contribution < -0.4 is 4.74 Å². The number of halogens is 1. The Balaban J connectivity index is 2.08. The summed E-state index contributed by atoms with van der Waals surface area (Å²) in [5.41, 5.74) is 1.15. The SMILES string of the molecule is Cc1cc([N+](=O)[O-])ccc1OCC(=O)c1ccccc1Br. The topological polar surface area (TPSA) is 69.4 Å². The Morgan fingerprint density at radius 3 is 2.62 bits per heavy atom. The summed E-state index contributed by atoms with van der Waals surface area (Å²) in [5.74, 6) is 0.293. The summed E-state index contributed by atoms with van der Waals surface area (Å²) in [6, 6.07) is 11.4. The predicted octanol–water partition coefficient (Wildman–Crippen LogP) is 3.93. The fraction of sp³-hybridized carbons (Fsp3) is 0.133. The fourth-order valence-corrected chi connectivity index (χ4v) is 2.32. The van der Waals surface area contributed by atoms with Crippen molar-refractivity contribution in [2.75, 3.05) is 6.61 Å². The van der Waals surface area contributed by atoms with E-state index in [4.69, 9.17) is 4.74 Å². The molecule has 21 heavy (non-hydrogen) atoms. The van der Waals surface area contributed by atoms with E-state index in [2.05, 4.69) is 15.9 Å². The Morgan fingerprint density at radius 1 is 1.29 bits per heavy atom. The van der Waals surface area contributed by atoms with Crippen molar-refractivity contribution in [2.45, 2.75) is 6.92 Å². The summed E-state index contributed by atoms with van der Waals surface area (Å²) in [6.45, 7) is 1.58. The molecule has 0 radical (unpaired) electrons. The first-order chi connectivity index (χ1) is 9.99. The smallest absolute Gasteiger partial charge is 0.269 e. The van der Waals surface area contributed by atoms with E-state index in [-0.39, 0.29) is 18.1 Å². The molecule has 0 saturated carbocycles. The van der Waals surface area contributed by atoms with Crippen molar-refractivity contribution in [3.05, 3.63) is 68.2 Å². The number of carbonyl (C=O) groups is 1. The van der Waals surface area contributed by atoms with E-state index in [0.29, 0.717) is 21.3 Å². The number of Topliss-reactive ketones (excluding diaryl/α,β-unsaturated/α-hetero) is 1. The van der Waals surface area contributed by atoms with Crippen LogP contribution in [-0.2, 0) is 0 Å². The molecule has 0 spiro atoms. The molecule has 0 aliphatic rings. The molecular weight excluding hydrogens is 338 g/mol. The molecule has 6 heteroatoms. The van der Waals surface area contributed by atoms with Gasteiger partial charge < -0.3 is 4.74 Å². The number of ether oxygens (including phenoxy) is 1. The number of hydrogen-bond acceptors (Lipinski definition) is 4. The molecule has 2 aromatic rings. The number of hydrogen-bond donors (Lipinski definition) is 0. The number of rotatable bonds is 5. The summed E-state index contributed by atoms with van der Waals surface area (Å²) in [7, 11) is 0. The van der Waals surface area contributed by atoms with Crippen LogP contribution in [0.4, 0.5) is 5.69 Å². The van der Waals surface area contributed by atoms with Crippen molar-refractivity contribution in [2.24, 2.45) is 0 Å². The first kappa shape index (κ1) is 15.2. The lowest BCUT2D eigenvalue weighted by molar-refractivity contribution is -0.384. The molecule has 0 atom stereocenters. The van der Waals surface area contributed by atoms with Gasteiger partial charge in [-0.05, 0) is 24.6 Å². The molecule has 0 aliphatic carbocycles. The van der Waals surface area contributed by atoms with Gasteiger partial charge in [-0.3, -0.25) is 14.9 Å². The normalized spacial score (nSPS) is 10.2. The van der Waals surface area contributed by atoms with Gasteiger partial charge in [-0.1, -0.05) is 34.1 Å². The van der Waals surface area contributed by atoms with Crippen LogP contribution in [0.5, 0.6) is 5.75 Å². The molecule has 0 amide bonds. The van der Waals surface area contributed by atoms with Crippen molar-refractivity contribution in [1.82, 2.24) is 0 Å². The zero-order valence-electron chi connectivity index (χ0n) is 11.2. The summed E-state index contributed by atoms with van der Waals surface area (Å²) in [6.07, 6.45) is 0. The molecule has 0 heterocycles. The minimum Gasteiger partial charge on any atom is -0.485 e. The fourth-order valence-electron chi connectivity index (χ4n) is 1.82. The lowest BCUT2D eigenvalue weighted by Gasteiger charge is -2.09. The third kappa shape index (κ3) is 3.66. The standard InChI is InChI=1S/C15H12BrNO4/c1-10-8-11(17(19)20)6-7-15(10)21-9-14(18)12-4-2-3-5-13(12)16/h2-8H,9H2,1H3. The van der Waals surface area contributed by atoms with Crippen LogP contribution in [0.1, 0.15) is 15.9 Å². The van der Waals surface area contributed by atoms with Crippen molar-refractivity contribution < 1.29 is 14.5 Å². The lowest BCUT2D eigenvalue weighted by atomic mass is 10.1. The van der Waals surface area contributed by atoms with Crippen LogP contribution in [-0.4, -0.2) is 17.3 Å². The number of ketones is 1. The Morgan fingerprint density at radius 2 is 2.00 bits per heavy atom. The summed E-state index contributed by atoms with van der Waals surface area (Å²) in [5, 5.41) is 10.7. The zero-order valence-corrected chi connectivity index (χ0v) is 12.8. The Bertz CT molecular complexity index is 700. The van der Waals surface area contributed by atoms with Crippen LogP contribution in [0.3, 0.4) is 0 Å². The van der Waals surface area contributed by atoms with Gasteiger partial charge in [0.25, 0.3) is 5.69 Å². The average molecular weight is 350 g/mol. The molecule has 0 fully saturated rings. The second-order valence-corrected chi connectivity index (χ2v) is 5.25. The van der Waals surface area contributed by atoms with Gasteiger partial charge in [-0.2, -0.15) is 0 Å². The third-order valence-electron chi connectivity index (χ3n) is 2.90. The number of carbonyl (C=O) groups excluding carboxylic acids is 1. The zero-order chi connectivity index (χ0) is 15.4. The van der Waals surface area contributed by atoms with Crippen LogP contribution in [0.15, 0.2) is 46.9 Å². The predicted molar refractivity (Wildman–Crippen MR) is 81.8 cm³/mol. The molecule has 5 nitrogen and oxygen atoms in total. The van der Waals surface area contributed by atoms with E-state index in [1.807, 2.05) is 6.07 Å². The summed E-state index contributed by atoms with van der Waals surface area (Å²) >= 11 is 3.31. The molecule has 108 valence electrons. The van der Waals surface area contributed by atoms with Gasteiger partial charge in [0.2, 0.25) is 5.78 Å². The van der Waals surface area contributed by atoms with Gasteiger partial charge in [-0.15, -0.1) is 0 Å². The highest BCUT2D eigenvalue weighted by Gasteiger charge is 2.13. The van der Waals surface area contributed by atoms with Gasteiger partial charge in [0.1, 0.15) is 5.75 Å². The number of nitro groups is 1. The molecule has 0 unspecified atom stereocenters. The van der Waals surface area contributed by atoms with E-state index in [1.54, 1.807) is 25.1 Å². The van der Waals surface area contributed by atoms with Crippen molar-refractivity contribution >= 4 is 27.4 Å². The Labute approximate surface area is 129 Å². The first-order valence-corrected chi connectivity index (χ1v) is 6.94. The molecule has 0 saturated heterocycles. The van der Waals surface area contributed by atoms with Crippen molar-refractivity contribution in [3.8, 4) is 5.75 Å². The quantitative estimate of drug-likeness (QED) is 0.465. The lowest BCUT2D eigenvalue weighted by Crippen LogP contribution is -2.12. The van der Waals surface area contributed by atoms with Gasteiger partial charge in [0.05, 0.1) is 4.92 Å². The highest BCUT2D eigenvalue weighted by atomic mass is 79.9. The van der Waals surface area contributed by atoms with Gasteiger partial charge in [-0.25, -0.2) is 0 Å². The van der Waals surface area contributed by atoms with E-state index in [0.717, 1.165) is 0 Å².